The van der Waals surface area contributed by atoms with Crippen molar-refractivity contribution in [2.24, 2.45) is 0 Å². The van der Waals surface area contributed by atoms with Crippen LogP contribution in [0.2, 0.25) is 0 Å². The summed E-state index contributed by atoms with van der Waals surface area (Å²) in [6, 6.07) is 101. The van der Waals surface area contributed by atoms with Crippen molar-refractivity contribution < 1.29 is 0 Å². The van der Waals surface area contributed by atoms with E-state index in [0.29, 0.717) is 17.6 Å². The maximum absolute atomic E-state index is 5.61. The zero-order chi connectivity index (χ0) is 50.2. The minimum Gasteiger partial charge on any atom is -0.309 e. The van der Waals surface area contributed by atoms with E-state index < -0.39 is 8.07 Å². The van der Waals surface area contributed by atoms with E-state index in [-0.39, 0.29) is 0 Å². The molecule has 0 saturated carbocycles. The highest BCUT2D eigenvalue weighted by molar-refractivity contribution is 7.19. The topological polar surface area (TPSA) is 53.5 Å². The average Bonchev–Trinajstić information content (AvgIpc) is 4.30. The van der Waals surface area contributed by atoms with Crippen LogP contribution >= 0.6 is 0 Å². The maximum atomic E-state index is 5.61. The standard InChI is InChI=1S/C69H46N6Si/c1-5-24-47(25-6-1)67-70-68(48-26-21-33-52(46-48)76(49-27-7-2-8-28-49,50-29-9-3-10-30-50)51-31-11-4-12-32-51)72-69(71-67)75-60-41-19-15-36-55(60)56-38-22-45-64(66(56)75)74-61-42-20-16-37-57(61)65-62(43-23-44-63(65)74)73-58-39-17-13-34-53(58)54-35-14-18-40-59(54)73/h1-46H. The van der Waals surface area contributed by atoms with E-state index in [9.17, 15) is 0 Å². The van der Waals surface area contributed by atoms with E-state index in [4.69, 9.17) is 15.0 Å². The Morgan fingerprint density at radius 3 is 1.24 bits per heavy atom. The molecule has 0 aliphatic rings. The molecule has 0 spiro atoms. The van der Waals surface area contributed by atoms with Crippen LogP contribution in [-0.4, -0.2) is 36.7 Å². The van der Waals surface area contributed by atoms with Gasteiger partial charge in [-0.1, -0.05) is 237 Å². The van der Waals surface area contributed by atoms with Crippen molar-refractivity contribution in [1.82, 2.24) is 28.7 Å². The largest absolute Gasteiger partial charge is 0.309 e. The molecular formula is C69H46N6Si. The van der Waals surface area contributed by atoms with E-state index in [2.05, 4.69) is 275 Å². The molecular weight excluding hydrogens is 941 g/mol. The molecule has 0 bridgehead atoms. The van der Waals surface area contributed by atoms with Gasteiger partial charge in [-0.2, -0.15) is 9.97 Å². The van der Waals surface area contributed by atoms with Crippen LogP contribution in [-0.2, 0) is 0 Å². The summed E-state index contributed by atoms with van der Waals surface area (Å²) in [5.41, 5.74) is 10.5. The molecule has 11 aromatic carbocycles. The highest BCUT2D eigenvalue weighted by Crippen LogP contribution is 2.43. The second-order valence-electron chi connectivity index (χ2n) is 19.5. The smallest absolute Gasteiger partial charge is 0.238 e. The molecule has 0 unspecified atom stereocenters. The molecule has 15 rings (SSSR count). The molecule has 0 N–H and O–H groups in total. The van der Waals surface area contributed by atoms with Crippen molar-refractivity contribution >= 4 is 94.2 Å². The molecule has 0 saturated heterocycles. The summed E-state index contributed by atoms with van der Waals surface area (Å²) in [5.74, 6) is 1.73. The minimum atomic E-state index is -2.89. The number of benzene rings is 11. The lowest BCUT2D eigenvalue weighted by atomic mass is 10.1. The van der Waals surface area contributed by atoms with Crippen molar-refractivity contribution in [2.45, 2.75) is 0 Å². The van der Waals surface area contributed by atoms with E-state index in [1.54, 1.807) is 0 Å². The first-order valence-corrected chi connectivity index (χ1v) is 27.9. The maximum Gasteiger partial charge on any atom is 0.238 e. The third-order valence-electron chi connectivity index (χ3n) is 15.4. The summed E-state index contributed by atoms with van der Waals surface area (Å²) in [6.45, 7) is 0. The Kier molecular flexibility index (Phi) is 10.1. The van der Waals surface area contributed by atoms with Gasteiger partial charge in [0.1, 0.15) is 0 Å². The van der Waals surface area contributed by atoms with Crippen LogP contribution in [0.3, 0.4) is 0 Å². The van der Waals surface area contributed by atoms with Crippen molar-refractivity contribution in [2.75, 3.05) is 0 Å². The molecule has 356 valence electrons. The first kappa shape index (κ1) is 43.6. The van der Waals surface area contributed by atoms with Gasteiger partial charge in [-0.05, 0) is 63.2 Å². The number of rotatable bonds is 9. The third-order valence-corrected chi connectivity index (χ3v) is 20.2. The van der Waals surface area contributed by atoms with Gasteiger partial charge in [-0.25, -0.2) is 4.98 Å². The van der Waals surface area contributed by atoms with Gasteiger partial charge < -0.3 is 9.13 Å². The molecule has 4 aromatic heterocycles. The fourth-order valence-electron chi connectivity index (χ4n) is 12.3. The summed E-state index contributed by atoms with van der Waals surface area (Å²) in [7, 11) is -2.89. The summed E-state index contributed by atoms with van der Waals surface area (Å²) in [5, 5.41) is 12.2. The van der Waals surface area contributed by atoms with Crippen LogP contribution in [0.5, 0.6) is 0 Å². The van der Waals surface area contributed by atoms with Gasteiger partial charge in [0.15, 0.2) is 19.7 Å². The lowest BCUT2D eigenvalue weighted by Gasteiger charge is -2.34. The molecule has 7 heteroatoms. The van der Waals surface area contributed by atoms with Crippen LogP contribution in [0.1, 0.15) is 0 Å². The lowest BCUT2D eigenvalue weighted by Crippen LogP contribution is -2.74. The number of aromatic nitrogens is 6. The zero-order valence-electron chi connectivity index (χ0n) is 41.2. The molecule has 0 amide bonds. The fourth-order valence-corrected chi connectivity index (χ4v) is 17.1. The van der Waals surface area contributed by atoms with E-state index in [1.807, 2.05) is 18.2 Å². The van der Waals surface area contributed by atoms with E-state index in [0.717, 1.165) is 55.3 Å². The third kappa shape index (κ3) is 6.62. The van der Waals surface area contributed by atoms with Crippen molar-refractivity contribution in [3.05, 3.63) is 279 Å². The molecule has 0 fully saturated rings. The number of hydrogen-bond acceptors (Lipinski definition) is 3. The normalized spacial score (nSPS) is 11.9. The molecule has 0 aliphatic heterocycles. The van der Waals surface area contributed by atoms with Crippen molar-refractivity contribution in [3.8, 4) is 40.1 Å². The van der Waals surface area contributed by atoms with Gasteiger partial charge >= 0.3 is 0 Å². The number of para-hydroxylation sites is 5. The molecule has 6 nitrogen and oxygen atoms in total. The molecule has 76 heavy (non-hydrogen) atoms. The van der Waals surface area contributed by atoms with E-state index >= 15 is 0 Å². The minimum absolute atomic E-state index is 0.539. The molecule has 0 atom stereocenters. The van der Waals surface area contributed by atoms with Gasteiger partial charge in [0.25, 0.3) is 0 Å². The summed E-state index contributed by atoms with van der Waals surface area (Å²) >= 11 is 0. The first-order chi connectivity index (χ1) is 37.7. The Bertz CT molecular complexity index is 4550. The highest BCUT2D eigenvalue weighted by Gasteiger charge is 2.41. The predicted molar refractivity (Wildman–Crippen MR) is 317 cm³/mol. The van der Waals surface area contributed by atoms with Gasteiger partial charge in [0, 0.05) is 43.4 Å². The first-order valence-electron chi connectivity index (χ1n) is 25.9. The Hall–Kier alpha value is -9.95. The van der Waals surface area contributed by atoms with Crippen LogP contribution in [0.15, 0.2) is 279 Å². The summed E-state index contributed by atoms with van der Waals surface area (Å²) < 4.78 is 7.17. The monoisotopic (exact) mass is 986 g/mol. The SMILES string of the molecule is c1ccc(-c2nc(-c3cccc([Si](c4ccccc4)(c4ccccc4)c4ccccc4)c3)nc(-n3c4ccccc4c4cccc(-n5c6ccccc6c6c(-n7c8ccccc8c8ccccc87)cccc65)c43)n2)cc1. The Morgan fingerprint density at radius 2 is 0.645 bits per heavy atom. The Balaban J connectivity index is 1.00. The van der Waals surface area contributed by atoms with Crippen LogP contribution in [0.25, 0.3) is 106 Å². The van der Waals surface area contributed by atoms with Crippen molar-refractivity contribution in [1.29, 1.82) is 0 Å². The number of hydrogen-bond donors (Lipinski definition) is 0. The quantitative estimate of drug-likeness (QED) is 0.107. The van der Waals surface area contributed by atoms with Crippen molar-refractivity contribution in [3.63, 3.8) is 0 Å². The Morgan fingerprint density at radius 1 is 0.263 bits per heavy atom. The number of nitrogens with zero attached hydrogens (tertiary/aromatic N) is 6. The van der Waals surface area contributed by atoms with Gasteiger partial charge in [-0.15, -0.1) is 0 Å². The second-order valence-corrected chi connectivity index (χ2v) is 23.3. The van der Waals surface area contributed by atoms with Gasteiger partial charge in [-0.3, -0.25) is 4.57 Å². The summed E-state index contributed by atoms with van der Waals surface area (Å²) in [6.07, 6.45) is 0. The van der Waals surface area contributed by atoms with E-state index in [1.165, 1.54) is 53.3 Å². The zero-order valence-corrected chi connectivity index (χ0v) is 42.2. The molecule has 4 heterocycles. The molecule has 0 radical (unpaired) electrons. The highest BCUT2D eigenvalue weighted by atomic mass is 28.3. The average molecular weight is 987 g/mol. The summed E-state index contributed by atoms with van der Waals surface area (Å²) in [4.78, 5) is 16.5. The molecule has 15 aromatic rings. The van der Waals surface area contributed by atoms with Crippen LogP contribution in [0, 0.1) is 0 Å². The molecule has 0 aliphatic carbocycles. The number of fused-ring (bicyclic) bond motifs is 9. The van der Waals surface area contributed by atoms with Crippen LogP contribution in [0.4, 0.5) is 0 Å². The lowest BCUT2D eigenvalue weighted by molar-refractivity contribution is 0.950. The fraction of sp³-hybridized carbons (Fsp3) is 0. The van der Waals surface area contributed by atoms with Crippen LogP contribution < -0.4 is 20.7 Å². The van der Waals surface area contributed by atoms with Gasteiger partial charge in [0.05, 0.1) is 44.5 Å². The Labute approximate surface area is 439 Å². The second kappa shape index (κ2) is 17.6. The van der Waals surface area contributed by atoms with Gasteiger partial charge in [0.2, 0.25) is 5.95 Å². The predicted octanol–water partition coefficient (Wildman–Crippen LogP) is 13.9.